The molecule has 6 heteroatoms. The van der Waals surface area contributed by atoms with Gasteiger partial charge in [-0.25, -0.2) is 13.2 Å². The zero-order chi connectivity index (χ0) is 21.3. The predicted octanol–water partition coefficient (Wildman–Crippen LogP) is 5.73. The van der Waals surface area contributed by atoms with E-state index in [1.807, 2.05) is 27.0 Å². The van der Waals surface area contributed by atoms with Crippen molar-refractivity contribution in [1.29, 1.82) is 0 Å². The normalized spacial score (nSPS) is 17.7. The van der Waals surface area contributed by atoms with Crippen molar-refractivity contribution < 1.29 is 13.2 Å². The van der Waals surface area contributed by atoms with Crippen LogP contribution in [0.3, 0.4) is 0 Å². The first-order chi connectivity index (χ1) is 13.6. The van der Waals surface area contributed by atoms with Crippen molar-refractivity contribution in [2.24, 2.45) is 0 Å². The average Bonchev–Trinajstić information content (AvgIpc) is 3.10. The minimum atomic E-state index is -0.678. The zero-order valence-corrected chi connectivity index (χ0v) is 17.5. The minimum absolute atomic E-state index is 0.0157. The van der Waals surface area contributed by atoms with Crippen LogP contribution in [0.1, 0.15) is 64.8 Å². The van der Waals surface area contributed by atoms with Gasteiger partial charge in [0.25, 0.3) is 0 Å². The van der Waals surface area contributed by atoms with E-state index in [0.29, 0.717) is 11.7 Å². The molecule has 2 atom stereocenters. The van der Waals surface area contributed by atoms with Gasteiger partial charge in [-0.1, -0.05) is 27.7 Å². The van der Waals surface area contributed by atoms with Crippen LogP contribution in [0.15, 0.2) is 36.3 Å². The summed E-state index contributed by atoms with van der Waals surface area (Å²) in [7, 11) is 0. The number of hydrogen-bond donors (Lipinski definition) is 2. The molecule has 1 aromatic carbocycles. The van der Waals surface area contributed by atoms with Gasteiger partial charge < -0.3 is 10.6 Å². The van der Waals surface area contributed by atoms with Crippen molar-refractivity contribution in [2.75, 3.05) is 0 Å². The van der Waals surface area contributed by atoms with Crippen LogP contribution in [0.2, 0.25) is 0 Å². The van der Waals surface area contributed by atoms with Crippen LogP contribution >= 0.6 is 0 Å². The summed E-state index contributed by atoms with van der Waals surface area (Å²) >= 11 is 0. The van der Waals surface area contributed by atoms with Crippen molar-refractivity contribution in [3.8, 4) is 11.1 Å². The van der Waals surface area contributed by atoms with Crippen molar-refractivity contribution in [3.05, 3.63) is 65.0 Å². The average molecular weight is 403 g/mol. The molecule has 1 aliphatic heterocycles. The molecule has 0 saturated heterocycles. The van der Waals surface area contributed by atoms with Crippen molar-refractivity contribution in [2.45, 2.75) is 65.0 Å². The fraction of sp³-hybridized carbons (Fsp3) is 0.435. The fourth-order valence-corrected chi connectivity index (χ4v) is 3.48. The highest BCUT2D eigenvalue weighted by atomic mass is 19.1. The molecule has 0 fully saturated rings. The first-order valence-electron chi connectivity index (χ1n) is 9.97. The summed E-state index contributed by atoms with van der Waals surface area (Å²) in [6.07, 6.45) is 4.76. The smallest absolute Gasteiger partial charge is 0.149 e. The molecular weight excluding hydrogens is 375 g/mol. The second-order valence-electron chi connectivity index (χ2n) is 8.66. The van der Waals surface area contributed by atoms with Gasteiger partial charge in [0.1, 0.15) is 17.5 Å². The van der Waals surface area contributed by atoms with E-state index in [1.54, 1.807) is 6.92 Å². The van der Waals surface area contributed by atoms with Crippen LogP contribution in [0, 0.1) is 17.5 Å². The van der Waals surface area contributed by atoms with E-state index in [1.165, 1.54) is 6.07 Å². The highest BCUT2D eigenvalue weighted by Crippen LogP contribution is 2.32. The van der Waals surface area contributed by atoms with Gasteiger partial charge in [0.2, 0.25) is 0 Å². The summed E-state index contributed by atoms with van der Waals surface area (Å²) in [6.45, 7) is 9.66. The van der Waals surface area contributed by atoms with Gasteiger partial charge in [0, 0.05) is 52.2 Å². The Morgan fingerprint density at radius 2 is 1.79 bits per heavy atom. The zero-order valence-electron chi connectivity index (χ0n) is 17.5. The molecule has 0 radical (unpaired) electrons. The largest absolute Gasteiger partial charge is 0.386 e. The Balaban J connectivity index is 1.90. The quantitative estimate of drug-likeness (QED) is 0.670. The Bertz CT molecular complexity index is 932. The summed E-state index contributed by atoms with van der Waals surface area (Å²) in [4.78, 5) is 4.09. The van der Waals surface area contributed by atoms with E-state index in [9.17, 15) is 13.2 Å². The molecule has 0 saturated carbocycles. The lowest BCUT2D eigenvalue weighted by molar-refractivity contribution is 0.534. The number of aromatic nitrogens is 1. The van der Waals surface area contributed by atoms with E-state index < -0.39 is 23.5 Å². The molecule has 3 rings (SSSR count). The van der Waals surface area contributed by atoms with Gasteiger partial charge in [-0.15, -0.1) is 0 Å². The number of hydrogen-bond acceptors (Lipinski definition) is 3. The number of benzene rings is 1. The second-order valence-corrected chi connectivity index (χ2v) is 8.66. The Morgan fingerprint density at radius 1 is 1.10 bits per heavy atom. The summed E-state index contributed by atoms with van der Waals surface area (Å²) in [5.74, 6) is -1.92. The summed E-state index contributed by atoms with van der Waals surface area (Å²) in [5, 5.41) is 6.49. The molecule has 0 bridgehead atoms. The molecular formula is C23H28F3N3. The summed E-state index contributed by atoms with van der Waals surface area (Å²) in [6, 6.07) is 3.66. The predicted molar refractivity (Wildman–Crippen MR) is 110 cm³/mol. The molecule has 1 aliphatic rings. The van der Waals surface area contributed by atoms with Gasteiger partial charge >= 0.3 is 0 Å². The van der Waals surface area contributed by atoms with E-state index in [2.05, 4.69) is 22.5 Å². The standard InChI is InChI=1S/C23H28F3N3/c1-6-14-7-15(11-27-14)29-13(2)16-8-20(25)17(9-19(16)24)18-10-22(23(3,4)5)28-12-21(18)26/h8-14,27,29H,6-7H2,1-5H3/t13?,14-/m0/s1. The molecule has 3 nitrogen and oxygen atoms in total. The Hall–Kier alpha value is -2.50. The Labute approximate surface area is 170 Å². The number of halogens is 3. The lowest BCUT2D eigenvalue weighted by Crippen LogP contribution is -2.20. The number of nitrogens with zero attached hydrogens (tertiary/aromatic N) is 1. The van der Waals surface area contributed by atoms with Crippen LogP contribution < -0.4 is 10.6 Å². The van der Waals surface area contributed by atoms with Crippen molar-refractivity contribution >= 4 is 0 Å². The molecule has 1 unspecified atom stereocenters. The van der Waals surface area contributed by atoms with Crippen molar-refractivity contribution in [1.82, 2.24) is 15.6 Å². The number of pyridine rings is 1. The first kappa shape index (κ1) is 21.2. The molecule has 156 valence electrons. The molecule has 2 heterocycles. The third-order valence-corrected chi connectivity index (χ3v) is 5.32. The van der Waals surface area contributed by atoms with Gasteiger partial charge in [-0.3, -0.25) is 4.98 Å². The van der Waals surface area contributed by atoms with Gasteiger partial charge in [-0.2, -0.15) is 0 Å². The van der Waals surface area contributed by atoms with Crippen LogP contribution in [0.25, 0.3) is 11.1 Å². The molecule has 0 spiro atoms. The van der Waals surface area contributed by atoms with Gasteiger partial charge in [0.05, 0.1) is 12.2 Å². The Kier molecular flexibility index (Phi) is 5.92. The molecule has 0 aliphatic carbocycles. The SMILES string of the molecule is CC[C@H]1CC(NC(C)c2cc(F)c(-c3cc(C(C)(C)C)ncc3F)cc2F)=CN1. The molecule has 2 aromatic rings. The maximum Gasteiger partial charge on any atom is 0.149 e. The molecule has 2 N–H and O–H groups in total. The minimum Gasteiger partial charge on any atom is -0.386 e. The number of rotatable bonds is 5. The van der Waals surface area contributed by atoms with E-state index in [0.717, 1.165) is 36.9 Å². The first-order valence-corrected chi connectivity index (χ1v) is 9.97. The molecule has 0 amide bonds. The van der Waals surface area contributed by atoms with Crippen molar-refractivity contribution in [3.63, 3.8) is 0 Å². The van der Waals surface area contributed by atoms with E-state index in [-0.39, 0.29) is 22.1 Å². The molecule has 1 aromatic heterocycles. The van der Waals surface area contributed by atoms with Gasteiger partial charge in [0.15, 0.2) is 0 Å². The summed E-state index contributed by atoms with van der Waals surface area (Å²) in [5.41, 5.74) is 1.35. The lowest BCUT2D eigenvalue weighted by Gasteiger charge is -2.20. The highest BCUT2D eigenvalue weighted by Gasteiger charge is 2.23. The number of nitrogens with one attached hydrogen (secondary N) is 2. The third kappa shape index (κ3) is 4.57. The maximum atomic E-state index is 14.9. The highest BCUT2D eigenvalue weighted by molar-refractivity contribution is 5.66. The topological polar surface area (TPSA) is 37.0 Å². The fourth-order valence-electron chi connectivity index (χ4n) is 3.48. The van der Waals surface area contributed by atoms with Crippen LogP contribution in [0.5, 0.6) is 0 Å². The lowest BCUT2D eigenvalue weighted by atomic mass is 9.89. The monoisotopic (exact) mass is 403 g/mol. The van der Waals surface area contributed by atoms with E-state index >= 15 is 0 Å². The van der Waals surface area contributed by atoms with E-state index in [4.69, 9.17) is 0 Å². The maximum absolute atomic E-state index is 14.9. The summed E-state index contributed by atoms with van der Waals surface area (Å²) < 4.78 is 44.2. The molecule has 29 heavy (non-hydrogen) atoms. The third-order valence-electron chi connectivity index (χ3n) is 5.32. The van der Waals surface area contributed by atoms with Gasteiger partial charge in [-0.05, 0) is 31.5 Å². The Morgan fingerprint density at radius 3 is 2.41 bits per heavy atom. The van der Waals surface area contributed by atoms with Crippen LogP contribution in [0.4, 0.5) is 13.2 Å². The second kappa shape index (κ2) is 8.09. The van der Waals surface area contributed by atoms with Crippen LogP contribution in [-0.2, 0) is 5.41 Å². The van der Waals surface area contributed by atoms with Crippen LogP contribution in [-0.4, -0.2) is 11.0 Å².